The highest BCUT2D eigenvalue weighted by Gasteiger charge is 2.15. The summed E-state index contributed by atoms with van der Waals surface area (Å²) < 4.78 is 15.7. The molecule has 2 aromatic carbocycles. The minimum absolute atomic E-state index is 0. The van der Waals surface area contributed by atoms with Crippen LogP contribution in [0, 0.1) is 0 Å². The monoisotopic (exact) mass is 501 g/mol. The minimum Gasteiger partial charge on any atom is -0.493 e. The van der Waals surface area contributed by atoms with E-state index in [-0.39, 0.29) is 30.5 Å². The van der Waals surface area contributed by atoms with E-state index in [1.807, 2.05) is 24.3 Å². The highest BCUT2D eigenvalue weighted by Crippen LogP contribution is 2.37. The van der Waals surface area contributed by atoms with Gasteiger partial charge in [-0.3, -0.25) is 4.79 Å². The third-order valence-electron chi connectivity index (χ3n) is 4.26. The van der Waals surface area contributed by atoms with Gasteiger partial charge < -0.3 is 25.8 Å². The maximum atomic E-state index is 11.9. The van der Waals surface area contributed by atoms with Crippen LogP contribution < -0.4 is 25.8 Å². The van der Waals surface area contributed by atoms with Crippen LogP contribution in [0.15, 0.2) is 41.0 Å². The first-order valence-corrected chi connectivity index (χ1v) is 10.0. The minimum atomic E-state index is -0.453. The summed E-state index contributed by atoms with van der Waals surface area (Å²) >= 11 is 12.6. The molecule has 0 spiro atoms. The average Bonchev–Trinajstić information content (AvgIpc) is 3.19. The number of nitrogens with zero attached hydrogens (tertiary/aromatic N) is 2. The summed E-state index contributed by atoms with van der Waals surface area (Å²) in [6.45, 7) is 1.62. The van der Waals surface area contributed by atoms with Crippen molar-refractivity contribution in [2.75, 3.05) is 25.9 Å². The Morgan fingerprint density at radius 2 is 1.94 bits per heavy atom. The van der Waals surface area contributed by atoms with Gasteiger partial charge in [-0.15, -0.1) is 12.4 Å². The van der Waals surface area contributed by atoms with Crippen LogP contribution in [0.1, 0.15) is 21.6 Å². The number of methoxy groups -OCH3 is 1. The van der Waals surface area contributed by atoms with Crippen molar-refractivity contribution in [2.45, 2.75) is 13.2 Å². The van der Waals surface area contributed by atoms with Gasteiger partial charge in [0, 0.05) is 30.2 Å². The van der Waals surface area contributed by atoms with Crippen LogP contribution in [0.3, 0.4) is 0 Å². The Kier molecular flexibility index (Phi) is 9.86. The van der Waals surface area contributed by atoms with E-state index in [4.69, 9.17) is 38.4 Å². The van der Waals surface area contributed by atoms with Crippen molar-refractivity contribution in [3.63, 3.8) is 0 Å². The van der Waals surface area contributed by atoms with E-state index < -0.39 is 5.91 Å². The molecule has 172 valence electrons. The van der Waals surface area contributed by atoms with Crippen LogP contribution in [0.25, 0.3) is 0 Å². The lowest BCUT2D eigenvalue weighted by molar-refractivity contribution is 0.0944. The predicted molar refractivity (Wildman–Crippen MR) is 124 cm³/mol. The van der Waals surface area contributed by atoms with Crippen molar-refractivity contribution in [3.05, 3.63) is 63.3 Å². The maximum absolute atomic E-state index is 11.9. The molecule has 0 aliphatic heterocycles. The zero-order valence-corrected chi connectivity index (χ0v) is 19.4. The molecule has 0 unspecified atom stereocenters. The number of rotatable bonds is 10. The van der Waals surface area contributed by atoms with Crippen LogP contribution in [-0.2, 0) is 13.2 Å². The van der Waals surface area contributed by atoms with E-state index in [0.717, 1.165) is 11.1 Å². The first-order valence-electron chi connectivity index (χ1n) is 9.29. The molecule has 0 bridgehead atoms. The SMILES string of the molecule is COc1cc(CNCCNC(=O)c2nonc2N)cc(Cl)c1OCc1ccccc1Cl.Cl. The number of nitrogens with one attached hydrogen (secondary N) is 2. The van der Waals surface area contributed by atoms with E-state index >= 15 is 0 Å². The molecule has 0 aliphatic carbocycles. The lowest BCUT2D eigenvalue weighted by Gasteiger charge is -2.15. The zero-order chi connectivity index (χ0) is 22.2. The number of carbonyl (C=O) groups excluding carboxylic acids is 1. The summed E-state index contributed by atoms with van der Waals surface area (Å²) in [5.74, 6) is 0.451. The number of nitrogens with two attached hydrogens (primary N) is 1. The van der Waals surface area contributed by atoms with Crippen LogP contribution in [0.4, 0.5) is 5.82 Å². The van der Waals surface area contributed by atoms with Gasteiger partial charge in [-0.1, -0.05) is 41.4 Å². The van der Waals surface area contributed by atoms with Crippen molar-refractivity contribution in [1.82, 2.24) is 20.9 Å². The Morgan fingerprint density at radius 1 is 1.16 bits per heavy atom. The Bertz CT molecular complexity index is 1050. The summed E-state index contributed by atoms with van der Waals surface area (Å²) in [6, 6.07) is 11.0. The van der Waals surface area contributed by atoms with Gasteiger partial charge in [0.15, 0.2) is 11.5 Å². The Labute approximate surface area is 200 Å². The number of halogens is 3. The van der Waals surface area contributed by atoms with Gasteiger partial charge in [0.05, 0.1) is 12.1 Å². The van der Waals surface area contributed by atoms with Gasteiger partial charge in [-0.2, -0.15) is 0 Å². The molecule has 9 nitrogen and oxygen atoms in total. The van der Waals surface area contributed by atoms with Crippen LogP contribution in [0.5, 0.6) is 11.5 Å². The van der Waals surface area contributed by atoms with E-state index in [1.165, 1.54) is 0 Å². The van der Waals surface area contributed by atoms with Crippen molar-refractivity contribution in [3.8, 4) is 11.5 Å². The summed E-state index contributed by atoms with van der Waals surface area (Å²) in [6.07, 6.45) is 0. The fourth-order valence-corrected chi connectivity index (χ4v) is 3.19. The smallest absolute Gasteiger partial charge is 0.277 e. The maximum Gasteiger partial charge on any atom is 0.277 e. The molecule has 1 heterocycles. The molecular weight excluding hydrogens is 481 g/mol. The molecular formula is C20H22Cl3N5O4. The molecule has 4 N–H and O–H groups in total. The van der Waals surface area contributed by atoms with E-state index in [2.05, 4.69) is 25.6 Å². The quantitative estimate of drug-likeness (QED) is 0.360. The second kappa shape index (κ2) is 12.4. The summed E-state index contributed by atoms with van der Waals surface area (Å²) in [5, 5.41) is 13.7. The average molecular weight is 503 g/mol. The van der Waals surface area contributed by atoms with Crippen LogP contribution >= 0.6 is 35.6 Å². The number of benzene rings is 2. The highest BCUT2D eigenvalue weighted by atomic mass is 35.5. The predicted octanol–water partition coefficient (Wildman–Crippen LogP) is 3.49. The normalized spacial score (nSPS) is 10.3. The molecule has 0 saturated heterocycles. The third-order valence-corrected chi connectivity index (χ3v) is 4.91. The number of hydrogen-bond donors (Lipinski definition) is 3. The Morgan fingerprint density at radius 3 is 2.62 bits per heavy atom. The number of hydrogen-bond acceptors (Lipinski definition) is 8. The number of amides is 1. The first kappa shape index (κ1) is 25.5. The Balaban J connectivity index is 0.00000363. The van der Waals surface area contributed by atoms with Crippen LogP contribution in [-0.4, -0.2) is 36.4 Å². The lowest BCUT2D eigenvalue weighted by atomic mass is 10.2. The molecule has 0 aliphatic rings. The van der Waals surface area contributed by atoms with Gasteiger partial charge >= 0.3 is 0 Å². The second-order valence-corrected chi connectivity index (χ2v) is 7.23. The zero-order valence-electron chi connectivity index (χ0n) is 17.1. The number of ether oxygens (including phenoxy) is 2. The molecule has 32 heavy (non-hydrogen) atoms. The summed E-state index contributed by atoms with van der Waals surface area (Å²) in [5.41, 5.74) is 7.18. The molecule has 0 radical (unpaired) electrons. The summed E-state index contributed by atoms with van der Waals surface area (Å²) in [4.78, 5) is 11.9. The highest BCUT2D eigenvalue weighted by molar-refractivity contribution is 6.32. The van der Waals surface area contributed by atoms with Crippen LogP contribution in [0.2, 0.25) is 10.0 Å². The van der Waals surface area contributed by atoms with E-state index in [9.17, 15) is 4.79 Å². The van der Waals surface area contributed by atoms with Gasteiger partial charge in [-0.05, 0) is 34.1 Å². The number of nitrogen functional groups attached to an aromatic ring is 1. The van der Waals surface area contributed by atoms with Crippen molar-refractivity contribution >= 4 is 47.3 Å². The molecule has 1 amide bonds. The molecule has 3 aromatic rings. The molecule has 12 heteroatoms. The second-order valence-electron chi connectivity index (χ2n) is 6.42. The van der Waals surface area contributed by atoms with Gasteiger partial charge in [-0.25, -0.2) is 4.63 Å². The standard InChI is InChI=1S/C20H21Cl2N5O4.ClH/c1-29-16-9-12(10-24-6-7-25-20(28)17-19(23)27-31-26-17)8-15(22)18(16)30-11-13-4-2-3-5-14(13)21;/h2-5,8-9,24H,6-7,10-11H2,1H3,(H2,23,27)(H,25,28);1H. The fraction of sp³-hybridized carbons (Fsp3) is 0.250. The summed E-state index contributed by atoms with van der Waals surface area (Å²) in [7, 11) is 1.55. The lowest BCUT2D eigenvalue weighted by Crippen LogP contribution is -2.32. The molecule has 1 aromatic heterocycles. The number of carbonyl (C=O) groups is 1. The number of anilines is 1. The van der Waals surface area contributed by atoms with Crippen molar-refractivity contribution in [2.24, 2.45) is 0 Å². The third kappa shape index (κ3) is 6.64. The van der Waals surface area contributed by atoms with E-state index in [0.29, 0.717) is 41.2 Å². The molecule has 3 rings (SSSR count). The molecule has 0 fully saturated rings. The van der Waals surface area contributed by atoms with Gasteiger partial charge in [0.1, 0.15) is 6.61 Å². The van der Waals surface area contributed by atoms with Crippen molar-refractivity contribution in [1.29, 1.82) is 0 Å². The molecule has 0 saturated carbocycles. The largest absolute Gasteiger partial charge is 0.493 e. The van der Waals surface area contributed by atoms with Gasteiger partial charge in [0.25, 0.3) is 5.91 Å². The van der Waals surface area contributed by atoms with Crippen molar-refractivity contribution < 1.29 is 18.9 Å². The first-order chi connectivity index (χ1) is 15.0. The number of aromatic nitrogens is 2. The fourth-order valence-electron chi connectivity index (χ4n) is 2.71. The Hall–Kier alpha value is -2.72. The topological polar surface area (TPSA) is 125 Å². The van der Waals surface area contributed by atoms with Gasteiger partial charge in [0.2, 0.25) is 11.5 Å². The van der Waals surface area contributed by atoms with E-state index in [1.54, 1.807) is 19.2 Å². The molecule has 0 atom stereocenters.